The van der Waals surface area contributed by atoms with Crippen molar-refractivity contribution >= 4 is 29.0 Å². The number of fused-ring (bicyclic) bond motifs is 1. The van der Waals surface area contributed by atoms with Gasteiger partial charge in [-0.3, -0.25) is 9.59 Å². The van der Waals surface area contributed by atoms with E-state index in [0.717, 1.165) is 40.1 Å². The first-order valence-electron chi connectivity index (χ1n) is 7.41. The second-order valence-corrected chi connectivity index (χ2v) is 6.99. The summed E-state index contributed by atoms with van der Waals surface area (Å²) in [5, 5.41) is 3.00. The summed E-state index contributed by atoms with van der Waals surface area (Å²) in [6, 6.07) is 0. The Balaban J connectivity index is 2.34. The summed E-state index contributed by atoms with van der Waals surface area (Å²) in [6.07, 6.45) is 4.51. The average Bonchev–Trinajstić information content (AvgIpc) is 2.86. The van der Waals surface area contributed by atoms with Gasteiger partial charge in [0.1, 0.15) is 11.4 Å². The van der Waals surface area contributed by atoms with Gasteiger partial charge in [-0.2, -0.15) is 0 Å². The van der Waals surface area contributed by atoms with Crippen molar-refractivity contribution in [3.05, 3.63) is 22.3 Å². The van der Waals surface area contributed by atoms with Gasteiger partial charge in [-0.15, -0.1) is 0 Å². The van der Waals surface area contributed by atoms with E-state index in [-0.39, 0.29) is 10.7 Å². The molecule has 2 rings (SSSR count). The molecule has 1 N–H and O–H groups in total. The molecule has 0 radical (unpaired) electrons. The number of carbonyl (C=O) groups is 2. The molecule has 1 amide bonds. The monoisotopic (exact) mass is 321 g/mol. The van der Waals surface area contributed by atoms with Gasteiger partial charge in [0, 0.05) is 24.1 Å². The zero-order valence-corrected chi connectivity index (χ0v) is 14.6. The minimum atomic E-state index is -0.352. The molecule has 0 aliphatic carbocycles. The van der Waals surface area contributed by atoms with Crippen molar-refractivity contribution in [3.63, 3.8) is 0 Å². The van der Waals surface area contributed by atoms with Crippen molar-refractivity contribution in [2.75, 3.05) is 11.6 Å². The van der Waals surface area contributed by atoms with Crippen LogP contribution in [0.15, 0.2) is 0 Å². The van der Waals surface area contributed by atoms with E-state index < -0.39 is 0 Å². The van der Waals surface area contributed by atoms with Crippen molar-refractivity contribution < 1.29 is 14.3 Å². The number of amides is 1. The third-order valence-electron chi connectivity index (χ3n) is 4.57. The summed E-state index contributed by atoms with van der Waals surface area (Å²) < 4.78 is 6.24. The van der Waals surface area contributed by atoms with Crippen molar-refractivity contribution in [2.45, 2.75) is 52.6 Å². The van der Waals surface area contributed by atoms with E-state index in [1.807, 2.05) is 27.0 Å². The Morgan fingerprint density at radius 3 is 2.59 bits per heavy atom. The van der Waals surface area contributed by atoms with E-state index in [0.29, 0.717) is 19.3 Å². The third kappa shape index (κ3) is 3.00. The van der Waals surface area contributed by atoms with Crippen LogP contribution in [0.2, 0.25) is 0 Å². The molecule has 1 aliphatic rings. The predicted octanol–water partition coefficient (Wildman–Crippen LogP) is 3.54. The number of hydrogen-bond donors (Lipinski definition) is 1. The molecule has 0 spiro atoms. The van der Waals surface area contributed by atoms with E-state index in [4.69, 9.17) is 4.74 Å². The number of anilines is 1. The number of carbonyl (C=O) groups excluding carboxylic acids is 2. The van der Waals surface area contributed by atoms with Gasteiger partial charge in [0.2, 0.25) is 6.41 Å². The molecular weight excluding hydrogens is 298 g/mol. The maximum absolute atomic E-state index is 11.6. The summed E-state index contributed by atoms with van der Waals surface area (Å²) in [5.74, 6) is 0.922. The second kappa shape index (κ2) is 6.32. The Morgan fingerprint density at radius 2 is 2.00 bits per heavy atom. The third-order valence-corrected chi connectivity index (χ3v) is 5.23. The van der Waals surface area contributed by atoms with Gasteiger partial charge in [0.25, 0.3) is 0 Å². The lowest BCUT2D eigenvalue weighted by atomic mass is 9.90. The first-order chi connectivity index (χ1) is 10.3. The highest BCUT2D eigenvalue weighted by molar-refractivity contribution is 8.13. The van der Waals surface area contributed by atoms with Crippen LogP contribution in [0, 0.1) is 20.8 Å². The number of benzene rings is 1. The van der Waals surface area contributed by atoms with E-state index in [1.54, 1.807) is 0 Å². The van der Waals surface area contributed by atoms with Gasteiger partial charge in [-0.25, -0.2) is 0 Å². The fraction of sp³-hybridized carbons (Fsp3) is 0.529. The average molecular weight is 321 g/mol. The lowest BCUT2D eigenvalue weighted by Crippen LogP contribution is -2.30. The number of thioether (sulfide) groups is 1. The SMILES string of the molecule is CSC(=O)CCC1(C)Cc2c(C)c(NC=O)c(C)c(C)c2O1. The summed E-state index contributed by atoms with van der Waals surface area (Å²) in [5.41, 5.74) is 4.82. The summed E-state index contributed by atoms with van der Waals surface area (Å²) in [7, 11) is 0. The van der Waals surface area contributed by atoms with Crippen molar-refractivity contribution in [1.29, 1.82) is 0 Å². The van der Waals surface area contributed by atoms with E-state index in [2.05, 4.69) is 12.2 Å². The molecule has 0 bridgehead atoms. The van der Waals surface area contributed by atoms with Gasteiger partial charge >= 0.3 is 0 Å². The molecule has 0 saturated heterocycles. The minimum absolute atomic E-state index is 0.189. The number of ether oxygens (including phenoxy) is 1. The van der Waals surface area contributed by atoms with Gasteiger partial charge in [-0.1, -0.05) is 11.8 Å². The highest BCUT2D eigenvalue weighted by atomic mass is 32.2. The Bertz CT molecular complexity index is 627. The summed E-state index contributed by atoms with van der Waals surface area (Å²) in [4.78, 5) is 22.4. The van der Waals surface area contributed by atoms with E-state index in [9.17, 15) is 9.59 Å². The van der Waals surface area contributed by atoms with Crippen molar-refractivity contribution in [2.24, 2.45) is 0 Å². The van der Waals surface area contributed by atoms with E-state index in [1.165, 1.54) is 11.8 Å². The highest BCUT2D eigenvalue weighted by Crippen LogP contribution is 2.45. The molecule has 4 nitrogen and oxygen atoms in total. The number of hydrogen-bond acceptors (Lipinski definition) is 4. The zero-order chi connectivity index (χ0) is 16.5. The van der Waals surface area contributed by atoms with Crippen LogP contribution in [-0.2, 0) is 16.0 Å². The van der Waals surface area contributed by atoms with Crippen LogP contribution in [0.4, 0.5) is 5.69 Å². The first-order valence-corrected chi connectivity index (χ1v) is 8.64. The topological polar surface area (TPSA) is 55.4 Å². The predicted molar refractivity (Wildman–Crippen MR) is 90.8 cm³/mol. The second-order valence-electron chi connectivity index (χ2n) is 6.12. The Kier molecular flexibility index (Phi) is 4.85. The fourth-order valence-electron chi connectivity index (χ4n) is 3.08. The molecule has 1 aliphatic heterocycles. The minimum Gasteiger partial charge on any atom is -0.487 e. The molecule has 0 saturated carbocycles. The van der Waals surface area contributed by atoms with Crippen LogP contribution in [0.1, 0.15) is 42.0 Å². The van der Waals surface area contributed by atoms with E-state index >= 15 is 0 Å². The van der Waals surface area contributed by atoms with Gasteiger partial charge in [-0.05, 0) is 57.1 Å². The maximum atomic E-state index is 11.6. The van der Waals surface area contributed by atoms with Crippen LogP contribution in [0.3, 0.4) is 0 Å². The lowest BCUT2D eigenvalue weighted by Gasteiger charge is -2.24. The van der Waals surface area contributed by atoms with Gasteiger partial charge in [0.05, 0.1) is 0 Å². The number of nitrogens with one attached hydrogen (secondary N) is 1. The van der Waals surface area contributed by atoms with Crippen LogP contribution >= 0.6 is 11.8 Å². The lowest BCUT2D eigenvalue weighted by molar-refractivity contribution is -0.111. The molecule has 1 unspecified atom stereocenters. The normalized spacial score (nSPS) is 19.5. The molecule has 22 heavy (non-hydrogen) atoms. The Morgan fingerprint density at radius 1 is 1.32 bits per heavy atom. The first kappa shape index (κ1) is 16.9. The van der Waals surface area contributed by atoms with Crippen LogP contribution in [-0.4, -0.2) is 23.4 Å². The molecule has 0 aromatic heterocycles. The highest BCUT2D eigenvalue weighted by Gasteiger charge is 2.38. The zero-order valence-electron chi connectivity index (χ0n) is 13.8. The van der Waals surface area contributed by atoms with Crippen LogP contribution in [0.5, 0.6) is 5.75 Å². The molecule has 1 aromatic rings. The Hall–Kier alpha value is -1.49. The molecule has 0 fully saturated rings. The standard InChI is InChI=1S/C17H23NO3S/c1-10-11(2)16-13(12(3)15(10)18-9-19)8-17(4,21-16)7-6-14(20)22-5/h9H,6-8H2,1-5H3,(H,18,19). The van der Waals surface area contributed by atoms with Crippen molar-refractivity contribution in [3.8, 4) is 5.75 Å². The molecule has 120 valence electrons. The molecular formula is C17H23NO3S. The molecule has 1 atom stereocenters. The van der Waals surface area contributed by atoms with Crippen LogP contribution in [0.25, 0.3) is 0 Å². The largest absolute Gasteiger partial charge is 0.487 e. The van der Waals surface area contributed by atoms with Crippen LogP contribution < -0.4 is 10.1 Å². The fourth-order valence-corrected chi connectivity index (χ4v) is 3.38. The maximum Gasteiger partial charge on any atom is 0.211 e. The molecule has 1 heterocycles. The summed E-state index contributed by atoms with van der Waals surface area (Å²) >= 11 is 1.27. The Labute approximate surface area is 136 Å². The molecule has 1 aromatic carbocycles. The van der Waals surface area contributed by atoms with Gasteiger partial charge in [0.15, 0.2) is 5.12 Å². The summed E-state index contributed by atoms with van der Waals surface area (Å²) in [6.45, 7) is 8.08. The quantitative estimate of drug-likeness (QED) is 0.843. The smallest absolute Gasteiger partial charge is 0.211 e. The van der Waals surface area contributed by atoms with Crippen molar-refractivity contribution in [1.82, 2.24) is 0 Å². The van der Waals surface area contributed by atoms with Gasteiger partial charge < -0.3 is 10.1 Å². The molecule has 5 heteroatoms. The number of rotatable bonds is 5.